The number of amides is 2. The summed E-state index contributed by atoms with van der Waals surface area (Å²) in [5.41, 5.74) is 1.23. The van der Waals surface area contributed by atoms with Gasteiger partial charge in [0.1, 0.15) is 0 Å². The van der Waals surface area contributed by atoms with Crippen molar-refractivity contribution >= 4 is 11.8 Å². The van der Waals surface area contributed by atoms with Crippen LogP contribution in [0.25, 0.3) is 0 Å². The Labute approximate surface area is 151 Å². The third-order valence-electron chi connectivity index (χ3n) is 5.08. The highest BCUT2D eigenvalue weighted by molar-refractivity contribution is 5.80. The Balaban J connectivity index is 1.66. The highest BCUT2D eigenvalue weighted by atomic mass is 16.2. The zero-order chi connectivity index (χ0) is 18.1. The molecule has 2 unspecified atom stereocenters. The molecule has 1 saturated carbocycles. The van der Waals surface area contributed by atoms with Gasteiger partial charge >= 0.3 is 0 Å². The van der Waals surface area contributed by atoms with E-state index in [1.165, 1.54) is 12.0 Å². The molecule has 4 nitrogen and oxygen atoms in total. The number of nitrogens with one attached hydrogen (secondary N) is 2. The van der Waals surface area contributed by atoms with E-state index in [2.05, 4.69) is 22.8 Å². The standard InChI is InChI=1S/C21H32N2O2/c1-16(20(24)22-14-13-18-9-5-3-6-10-18)15-17(2)23-21(25)19-11-7-4-8-12-19/h3,5-6,9-10,16-17,19H,4,7-8,11-15H2,1-2H3,(H,22,24)(H,23,25). The predicted octanol–water partition coefficient (Wildman–Crippen LogP) is 3.46. The van der Waals surface area contributed by atoms with E-state index in [0.29, 0.717) is 13.0 Å². The minimum absolute atomic E-state index is 0.0318. The number of rotatable bonds is 8. The fourth-order valence-electron chi connectivity index (χ4n) is 3.57. The molecule has 138 valence electrons. The number of benzene rings is 1. The molecule has 1 aliphatic carbocycles. The third-order valence-corrected chi connectivity index (χ3v) is 5.08. The molecule has 1 aromatic carbocycles. The molecule has 2 amide bonds. The Hall–Kier alpha value is -1.84. The smallest absolute Gasteiger partial charge is 0.223 e. The van der Waals surface area contributed by atoms with Crippen LogP contribution in [-0.2, 0) is 16.0 Å². The van der Waals surface area contributed by atoms with Gasteiger partial charge in [-0.1, -0.05) is 56.5 Å². The Morgan fingerprint density at radius 2 is 1.76 bits per heavy atom. The van der Waals surface area contributed by atoms with Crippen molar-refractivity contribution in [3.05, 3.63) is 35.9 Å². The maximum Gasteiger partial charge on any atom is 0.223 e. The van der Waals surface area contributed by atoms with Crippen molar-refractivity contribution in [2.75, 3.05) is 6.54 Å². The van der Waals surface area contributed by atoms with E-state index in [9.17, 15) is 9.59 Å². The molecule has 4 heteroatoms. The summed E-state index contributed by atoms with van der Waals surface area (Å²) in [7, 11) is 0. The monoisotopic (exact) mass is 344 g/mol. The maximum absolute atomic E-state index is 12.3. The molecule has 2 rings (SSSR count). The van der Waals surface area contributed by atoms with Gasteiger partial charge in [-0.15, -0.1) is 0 Å². The molecule has 1 aliphatic rings. The second-order valence-electron chi connectivity index (χ2n) is 7.41. The van der Waals surface area contributed by atoms with Crippen LogP contribution in [0.2, 0.25) is 0 Å². The van der Waals surface area contributed by atoms with Crippen LogP contribution >= 0.6 is 0 Å². The molecule has 1 aromatic rings. The van der Waals surface area contributed by atoms with E-state index in [0.717, 1.165) is 32.1 Å². The normalized spacial score (nSPS) is 17.5. The first-order valence-electron chi connectivity index (χ1n) is 9.68. The van der Waals surface area contributed by atoms with Crippen molar-refractivity contribution < 1.29 is 9.59 Å². The summed E-state index contributed by atoms with van der Waals surface area (Å²) in [6, 6.07) is 10.2. The van der Waals surface area contributed by atoms with Crippen molar-refractivity contribution in [3.63, 3.8) is 0 Å². The average Bonchev–Trinajstić information content (AvgIpc) is 2.63. The first-order chi connectivity index (χ1) is 12.1. The van der Waals surface area contributed by atoms with Crippen molar-refractivity contribution in [2.24, 2.45) is 11.8 Å². The van der Waals surface area contributed by atoms with Crippen molar-refractivity contribution in [2.45, 2.75) is 64.8 Å². The molecule has 0 heterocycles. The van der Waals surface area contributed by atoms with Crippen molar-refractivity contribution in [1.29, 1.82) is 0 Å². The molecule has 25 heavy (non-hydrogen) atoms. The van der Waals surface area contributed by atoms with E-state index in [1.54, 1.807) is 0 Å². The van der Waals surface area contributed by atoms with E-state index in [1.807, 2.05) is 32.0 Å². The van der Waals surface area contributed by atoms with Crippen LogP contribution < -0.4 is 10.6 Å². The largest absolute Gasteiger partial charge is 0.356 e. The van der Waals surface area contributed by atoms with Gasteiger partial charge in [0.05, 0.1) is 0 Å². The van der Waals surface area contributed by atoms with Gasteiger partial charge in [0, 0.05) is 24.4 Å². The summed E-state index contributed by atoms with van der Waals surface area (Å²) >= 11 is 0. The predicted molar refractivity (Wildman–Crippen MR) is 101 cm³/mol. The molecule has 0 aliphatic heterocycles. The first-order valence-corrected chi connectivity index (χ1v) is 9.68. The molecule has 2 atom stereocenters. The zero-order valence-corrected chi connectivity index (χ0v) is 15.6. The molecule has 0 radical (unpaired) electrons. The van der Waals surface area contributed by atoms with Crippen LogP contribution in [0, 0.1) is 11.8 Å². The van der Waals surface area contributed by atoms with E-state index >= 15 is 0 Å². The molecule has 0 saturated heterocycles. The summed E-state index contributed by atoms with van der Waals surface area (Å²) in [6.45, 7) is 4.57. The van der Waals surface area contributed by atoms with E-state index < -0.39 is 0 Å². The van der Waals surface area contributed by atoms with Gasteiger partial charge < -0.3 is 10.6 Å². The summed E-state index contributed by atoms with van der Waals surface area (Å²) in [4.78, 5) is 24.5. The van der Waals surface area contributed by atoms with Crippen LogP contribution in [0.5, 0.6) is 0 Å². The van der Waals surface area contributed by atoms with Crippen LogP contribution in [0.3, 0.4) is 0 Å². The summed E-state index contributed by atoms with van der Waals surface area (Å²) < 4.78 is 0. The molecular weight excluding hydrogens is 312 g/mol. The Kier molecular flexibility index (Phi) is 7.96. The number of hydrogen-bond acceptors (Lipinski definition) is 2. The topological polar surface area (TPSA) is 58.2 Å². The van der Waals surface area contributed by atoms with Gasteiger partial charge in [0.25, 0.3) is 0 Å². The highest BCUT2D eigenvalue weighted by Gasteiger charge is 2.23. The second kappa shape index (κ2) is 10.2. The lowest BCUT2D eigenvalue weighted by molar-refractivity contribution is -0.128. The summed E-state index contributed by atoms with van der Waals surface area (Å²) in [5, 5.41) is 6.10. The van der Waals surface area contributed by atoms with Gasteiger partial charge in [-0.05, 0) is 38.2 Å². The van der Waals surface area contributed by atoms with Crippen LogP contribution in [0.4, 0.5) is 0 Å². The fraction of sp³-hybridized carbons (Fsp3) is 0.619. The Bertz CT molecular complexity index is 538. The van der Waals surface area contributed by atoms with Crippen LogP contribution in [0.1, 0.15) is 57.9 Å². The van der Waals surface area contributed by atoms with E-state index in [4.69, 9.17) is 0 Å². The minimum Gasteiger partial charge on any atom is -0.356 e. The lowest BCUT2D eigenvalue weighted by atomic mass is 9.88. The molecular formula is C21H32N2O2. The van der Waals surface area contributed by atoms with E-state index in [-0.39, 0.29) is 29.7 Å². The summed E-state index contributed by atoms with van der Waals surface area (Å²) in [5.74, 6) is 0.308. The quantitative estimate of drug-likeness (QED) is 0.759. The molecule has 0 aromatic heterocycles. The van der Waals surface area contributed by atoms with Gasteiger partial charge in [-0.3, -0.25) is 9.59 Å². The SMILES string of the molecule is CC(CC(C)C(=O)NCCc1ccccc1)NC(=O)C1CCCCC1. The molecule has 2 N–H and O–H groups in total. The van der Waals surface area contributed by atoms with Crippen LogP contribution in [0.15, 0.2) is 30.3 Å². The van der Waals surface area contributed by atoms with Crippen molar-refractivity contribution in [1.82, 2.24) is 10.6 Å². The highest BCUT2D eigenvalue weighted by Crippen LogP contribution is 2.24. The zero-order valence-electron chi connectivity index (χ0n) is 15.6. The lowest BCUT2D eigenvalue weighted by Crippen LogP contribution is -2.41. The van der Waals surface area contributed by atoms with Gasteiger partial charge in [-0.25, -0.2) is 0 Å². The molecule has 1 fully saturated rings. The Morgan fingerprint density at radius 3 is 2.44 bits per heavy atom. The second-order valence-corrected chi connectivity index (χ2v) is 7.41. The first kappa shape index (κ1) is 19.5. The van der Waals surface area contributed by atoms with Gasteiger partial charge in [-0.2, -0.15) is 0 Å². The molecule has 0 spiro atoms. The third kappa shape index (κ3) is 6.89. The molecule has 0 bridgehead atoms. The Morgan fingerprint density at radius 1 is 1.08 bits per heavy atom. The van der Waals surface area contributed by atoms with Gasteiger partial charge in [0.15, 0.2) is 0 Å². The lowest BCUT2D eigenvalue weighted by Gasteiger charge is -2.24. The number of carbonyl (C=O) groups is 2. The number of carbonyl (C=O) groups excluding carboxylic acids is 2. The summed E-state index contributed by atoms with van der Waals surface area (Å²) in [6.07, 6.45) is 7.10. The fourth-order valence-corrected chi connectivity index (χ4v) is 3.57. The maximum atomic E-state index is 12.3. The number of hydrogen-bond donors (Lipinski definition) is 2. The van der Waals surface area contributed by atoms with Crippen molar-refractivity contribution in [3.8, 4) is 0 Å². The average molecular weight is 344 g/mol. The van der Waals surface area contributed by atoms with Gasteiger partial charge in [0.2, 0.25) is 11.8 Å². The van der Waals surface area contributed by atoms with Crippen LogP contribution in [-0.4, -0.2) is 24.4 Å². The minimum atomic E-state index is -0.0996.